The van der Waals surface area contributed by atoms with Gasteiger partial charge < -0.3 is 15.4 Å². The molecule has 0 saturated heterocycles. The first-order valence-corrected chi connectivity index (χ1v) is 6.63. The van der Waals surface area contributed by atoms with E-state index in [2.05, 4.69) is 15.9 Å². The average Bonchev–Trinajstić information content (AvgIpc) is 2.30. The molecule has 0 atom stereocenters. The first-order valence-electron chi connectivity index (χ1n) is 5.84. The lowest BCUT2D eigenvalue weighted by molar-refractivity contribution is 0.0532. The Morgan fingerprint density at radius 2 is 2.17 bits per heavy atom. The molecule has 5 heteroatoms. The molecule has 1 aromatic carbocycles. The van der Waals surface area contributed by atoms with Crippen LogP contribution in [0.15, 0.2) is 22.7 Å². The Morgan fingerprint density at radius 1 is 1.50 bits per heavy atom. The second kappa shape index (κ2) is 6.75. The fourth-order valence-electron chi connectivity index (χ4n) is 1.45. The molecule has 0 fully saturated rings. The van der Waals surface area contributed by atoms with Gasteiger partial charge in [0.15, 0.2) is 0 Å². The lowest BCUT2D eigenvalue weighted by Crippen LogP contribution is -2.31. The van der Waals surface area contributed by atoms with E-state index < -0.39 is 0 Å². The van der Waals surface area contributed by atoms with Crippen LogP contribution in [0.5, 0.6) is 0 Å². The molecule has 2 N–H and O–H groups in total. The van der Waals surface area contributed by atoms with Gasteiger partial charge in [0.2, 0.25) is 0 Å². The minimum Gasteiger partial charge on any atom is -0.398 e. The number of nitrogens with zero attached hydrogens (tertiary/aromatic N) is 1. The second-order valence-corrected chi connectivity index (χ2v) is 5.29. The number of rotatable bonds is 5. The Labute approximate surface area is 116 Å². The number of hydrogen-bond acceptors (Lipinski definition) is 3. The van der Waals surface area contributed by atoms with E-state index in [0.29, 0.717) is 24.4 Å². The van der Waals surface area contributed by atoms with Gasteiger partial charge in [0.1, 0.15) is 0 Å². The van der Waals surface area contributed by atoms with Crippen molar-refractivity contribution in [1.29, 1.82) is 0 Å². The van der Waals surface area contributed by atoms with Gasteiger partial charge in [-0.15, -0.1) is 0 Å². The third-order valence-corrected chi connectivity index (χ3v) is 2.96. The molecule has 0 heterocycles. The van der Waals surface area contributed by atoms with E-state index in [-0.39, 0.29) is 12.0 Å². The van der Waals surface area contributed by atoms with E-state index in [4.69, 9.17) is 10.5 Å². The molecular weight excluding hydrogens is 296 g/mol. The van der Waals surface area contributed by atoms with Crippen LogP contribution in [0.3, 0.4) is 0 Å². The molecule has 0 saturated carbocycles. The smallest absolute Gasteiger partial charge is 0.255 e. The first kappa shape index (κ1) is 15.0. The highest BCUT2D eigenvalue weighted by Gasteiger charge is 2.14. The molecule has 4 nitrogen and oxygen atoms in total. The third kappa shape index (κ3) is 4.31. The summed E-state index contributed by atoms with van der Waals surface area (Å²) in [5.41, 5.74) is 6.80. The summed E-state index contributed by atoms with van der Waals surface area (Å²) in [5, 5.41) is 0. The number of halogens is 1. The van der Waals surface area contributed by atoms with E-state index in [0.717, 1.165) is 4.47 Å². The molecule has 1 amide bonds. The van der Waals surface area contributed by atoms with Crippen molar-refractivity contribution < 1.29 is 9.53 Å². The first-order chi connectivity index (χ1) is 8.41. The fraction of sp³-hybridized carbons (Fsp3) is 0.462. The lowest BCUT2D eigenvalue weighted by atomic mass is 10.1. The largest absolute Gasteiger partial charge is 0.398 e. The van der Waals surface area contributed by atoms with Crippen molar-refractivity contribution in [1.82, 2.24) is 4.90 Å². The molecule has 0 aliphatic heterocycles. The van der Waals surface area contributed by atoms with E-state index in [9.17, 15) is 4.79 Å². The van der Waals surface area contributed by atoms with Gasteiger partial charge in [0.05, 0.1) is 18.3 Å². The molecule has 18 heavy (non-hydrogen) atoms. The summed E-state index contributed by atoms with van der Waals surface area (Å²) in [5.74, 6) is -0.0962. The molecule has 0 bridgehead atoms. The number of likely N-dealkylation sites (N-methyl/N-ethyl adjacent to an activating group) is 1. The summed E-state index contributed by atoms with van der Waals surface area (Å²) in [7, 11) is 1.74. The molecule has 0 aliphatic carbocycles. The highest BCUT2D eigenvalue weighted by Crippen LogP contribution is 2.19. The normalized spacial score (nSPS) is 10.7. The highest BCUT2D eigenvalue weighted by molar-refractivity contribution is 9.10. The Hall–Kier alpha value is -1.07. The number of ether oxygens (including phenoxy) is 1. The maximum Gasteiger partial charge on any atom is 0.255 e. The van der Waals surface area contributed by atoms with Gasteiger partial charge in [0.25, 0.3) is 5.91 Å². The molecule has 100 valence electrons. The SMILES string of the molecule is CC(C)OCCN(C)C(=O)c1cc(Br)ccc1N. The number of nitrogens with two attached hydrogens (primary N) is 1. The van der Waals surface area contributed by atoms with Gasteiger partial charge in [-0.05, 0) is 32.0 Å². The van der Waals surface area contributed by atoms with Gasteiger partial charge in [-0.25, -0.2) is 0 Å². The predicted molar refractivity (Wildman–Crippen MR) is 76.6 cm³/mol. The standard InChI is InChI=1S/C13H19BrN2O2/c1-9(2)18-7-6-16(3)13(17)11-8-10(14)4-5-12(11)15/h4-5,8-9H,6-7,15H2,1-3H3. The number of benzene rings is 1. The summed E-state index contributed by atoms with van der Waals surface area (Å²) in [6, 6.07) is 5.27. The maximum atomic E-state index is 12.2. The quantitative estimate of drug-likeness (QED) is 0.850. The monoisotopic (exact) mass is 314 g/mol. The summed E-state index contributed by atoms with van der Waals surface area (Å²) < 4.78 is 6.26. The molecule has 1 rings (SSSR count). The Kier molecular flexibility index (Phi) is 5.62. The van der Waals surface area contributed by atoms with Crippen molar-refractivity contribution >= 4 is 27.5 Å². The van der Waals surface area contributed by atoms with Crippen LogP contribution >= 0.6 is 15.9 Å². The predicted octanol–water partition coefficient (Wildman–Crippen LogP) is 2.53. The van der Waals surface area contributed by atoms with E-state index in [1.165, 1.54) is 0 Å². The Balaban J connectivity index is 2.65. The van der Waals surface area contributed by atoms with E-state index in [1.807, 2.05) is 19.9 Å². The van der Waals surface area contributed by atoms with Crippen molar-refractivity contribution in [2.24, 2.45) is 0 Å². The van der Waals surface area contributed by atoms with Crippen LogP contribution in [0, 0.1) is 0 Å². The number of hydrogen-bond donors (Lipinski definition) is 1. The number of carbonyl (C=O) groups is 1. The van der Waals surface area contributed by atoms with Crippen molar-refractivity contribution in [3.05, 3.63) is 28.2 Å². The topological polar surface area (TPSA) is 55.6 Å². The maximum absolute atomic E-state index is 12.2. The van der Waals surface area contributed by atoms with Crippen LogP contribution in [-0.4, -0.2) is 37.1 Å². The molecule has 0 spiro atoms. The lowest BCUT2D eigenvalue weighted by Gasteiger charge is -2.19. The molecular formula is C13H19BrN2O2. The van der Waals surface area contributed by atoms with E-state index >= 15 is 0 Å². The second-order valence-electron chi connectivity index (χ2n) is 4.38. The zero-order chi connectivity index (χ0) is 13.7. The van der Waals surface area contributed by atoms with Crippen LogP contribution in [0.2, 0.25) is 0 Å². The third-order valence-electron chi connectivity index (χ3n) is 2.47. The number of amides is 1. The van der Waals surface area contributed by atoms with Gasteiger partial charge >= 0.3 is 0 Å². The summed E-state index contributed by atoms with van der Waals surface area (Å²) in [4.78, 5) is 13.8. The van der Waals surface area contributed by atoms with Crippen LogP contribution in [-0.2, 0) is 4.74 Å². The molecule has 1 aromatic rings. The summed E-state index contributed by atoms with van der Waals surface area (Å²) in [6.45, 7) is 5.00. The van der Waals surface area contributed by atoms with Gasteiger partial charge in [-0.3, -0.25) is 4.79 Å². The van der Waals surface area contributed by atoms with E-state index in [1.54, 1.807) is 24.1 Å². The summed E-state index contributed by atoms with van der Waals surface area (Å²) in [6.07, 6.45) is 0.171. The number of carbonyl (C=O) groups excluding carboxylic acids is 1. The molecule has 0 unspecified atom stereocenters. The van der Waals surface area contributed by atoms with Crippen molar-refractivity contribution in [3.8, 4) is 0 Å². The number of anilines is 1. The minimum absolute atomic E-state index is 0.0962. The zero-order valence-electron chi connectivity index (χ0n) is 10.9. The van der Waals surface area contributed by atoms with Gasteiger partial charge in [0, 0.05) is 23.8 Å². The fourth-order valence-corrected chi connectivity index (χ4v) is 1.81. The zero-order valence-corrected chi connectivity index (χ0v) is 12.5. The van der Waals surface area contributed by atoms with Crippen LogP contribution in [0.1, 0.15) is 24.2 Å². The van der Waals surface area contributed by atoms with Gasteiger partial charge in [-0.1, -0.05) is 15.9 Å². The summed E-state index contributed by atoms with van der Waals surface area (Å²) >= 11 is 3.33. The van der Waals surface area contributed by atoms with Crippen LogP contribution in [0.4, 0.5) is 5.69 Å². The number of nitrogen functional groups attached to an aromatic ring is 1. The van der Waals surface area contributed by atoms with Crippen LogP contribution in [0.25, 0.3) is 0 Å². The Morgan fingerprint density at radius 3 is 2.78 bits per heavy atom. The van der Waals surface area contributed by atoms with Gasteiger partial charge in [-0.2, -0.15) is 0 Å². The molecule has 0 aliphatic rings. The van der Waals surface area contributed by atoms with Crippen molar-refractivity contribution in [2.75, 3.05) is 25.9 Å². The highest BCUT2D eigenvalue weighted by atomic mass is 79.9. The molecule has 0 aromatic heterocycles. The Bertz CT molecular complexity index is 421. The average molecular weight is 315 g/mol. The van der Waals surface area contributed by atoms with Crippen molar-refractivity contribution in [2.45, 2.75) is 20.0 Å². The van der Waals surface area contributed by atoms with Crippen molar-refractivity contribution in [3.63, 3.8) is 0 Å². The minimum atomic E-state index is -0.0962. The molecule has 0 radical (unpaired) electrons. The van der Waals surface area contributed by atoms with Crippen LogP contribution < -0.4 is 5.73 Å².